The first-order valence-corrected chi connectivity index (χ1v) is 9.20. The van der Waals surface area contributed by atoms with Crippen LogP contribution >= 0.6 is 0 Å². The van der Waals surface area contributed by atoms with Crippen molar-refractivity contribution in [1.82, 2.24) is 0 Å². The maximum atomic E-state index is 13.2. The summed E-state index contributed by atoms with van der Waals surface area (Å²) in [5.41, 5.74) is 2.52. The Morgan fingerprint density at radius 3 is 2.04 bits per heavy atom. The highest BCUT2D eigenvalue weighted by molar-refractivity contribution is 7.92. The van der Waals surface area contributed by atoms with Crippen LogP contribution in [0.1, 0.15) is 11.1 Å². The van der Waals surface area contributed by atoms with Crippen LogP contribution in [0.3, 0.4) is 0 Å². The van der Waals surface area contributed by atoms with Gasteiger partial charge >= 0.3 is 0 Å². The van der Waals surface area contributed by atoms with Crippen molar-refractivity contribution < 1.29 is 8.42 Å². The highest BCUT2D eigenvalue weighted by Gasteiger charge is 2.25. The van der Waals surface area contributed by atoms with Gasteiger partial charge in [0.05, 0.1) is 17.1 Å². The Hall–Kier alpha value is -2.59. The Morgan fingerprint density at radius 2 is 1.42 bits per heavy atom. The Balaban J connectivity index is 2.07. The second-order valence-electron chi connectivity index (χ2n) is 5.65. The highest BCUT2D eigenvalue weighted by atomic mass is 32.2. The van der Waals surface area contributed by atoms with Crippen molar-refractivity contribution in [3.63, 3.8) is 0 Å². The van der Waals surface area contributed by atoms with Gasteiger partial charge in [0.2, 0.25) is 0 Å². The van der Waals surface area contributed by atoms with Gasteiger partial charge in [0, 0.05) is 0 Å². The molecule has 0 amide bonds. The topological polar surface area (TPSA) is 37.4 Å². The zero-order chi connectivity index (χ0) is 17.0. The van der Waals surface area contributed by atoms with Crippen LogP contribution in [-0.4, -0.2) is 8.42 Å². The van der Waals surface area contributed by atoms with Crippen molar-refractivity contribution >= 4 is 15.7 Å². The number of nitrogens with zero attached hydrogens (tertiary/aromatic N) is 1. The van der Waals surface area contributed by atoms with E-state index in [0.717, 1.165) is 11.1 Å². The summed E-state index contributed by atoms with van der Waals surface area (Å²) in [6, 6.07) is 25.8. The van der Waals surface area contributed by atoms with Gasteiger partial charge in [-0.3, -0.25) is 4.31 Å². The minimum atomic E-state index is -3.64. The van der Waals surface area contributed by atoms with Crippen LogP contribution in [0.2, 0.25) is 0 Å². The summed E-state index contributed by atoms with van der Waals surface area (Å²) in [7, 11) is -3.64. The van der Waals surface area contributed by atoms with Crippen LogP contribution < -0.4 is 4.31 Å². The summed E-state index contributed by atoms with van der Waals surface area (Å²) in [6.07, 6.45) is 0. The third-order valence-electron chi connectivity index (χ3n) is 3.79. The average Bonchev–Trinajstić information content (AvgIpc) is 2.61. The zero-order valence-corrected chi connectivity index (χ0v) is 14.3. The molecule has 0 aliphatic heterocycles. The second kappa shape index (κ2) is 6.89. The Bertz CT molecular complexity index is 907. The molecule has 0 unspecified atom stereocenters. The van der Waals surface area contributed by atoms with E-state index in [1.165, 1.54) is 4.31 Å². The van der Waals surface area contributed by atoms with E-state index in [9.17, 15) is 8.42 Å². The minimum absolute atomic E-state index is 0.293. The van der Waals surface area contributed by atoms with Gasteiger partial charge in [-0.2, -0.15) is 0 Å². The highest BCUT2D eigenvalue weighted by Crippen LogP contribution is 2.26. The fourth-order valence-corrected chi connectivity index (χ4v) is 4.12. The van der Waals surface area contributed by atoms with Crippen LogP contribution in [0.25, 0.3) is 0 Å². The quantitative estimate of drug-likeness (QED) is 0.692. The van der Waals surface area contributed by atoms with Gasteiger partial charge in [-0.25, -0.2) is 8.42 Å². The Morgan fingerprint density at radius 1 is 0.792 bits per heavy atom. The zero-order valence-electron chi connectivity index (χ0n) is 13.5. The summed E-state index contributed by atoms with van der Waals surface area (Å²) in [4.78, 5) is 0.308. The normalized spacial score (nSPS) is 11.2. The number of para-hydroxylation sites is 1. The molecule has 0 bridgehead atoms. The standard InChI is InChI=1S/C20H19NO2S/c1-17-9-8-14-20(15-17)24(22,23)21(19-12-6-3-7-13-19)16-18-10-4-2-5-11-18/h2-15H,16H2,1H3. The lowest BCUT2D eigenvalue weighted by Crippen LogP contribution is -2.30. The Kier molecular flexibility index (Phi) is 4.67. The summed E-state index contributed by atoms with van der Waals surface area (Å²) in [5.74, 6) is 0. The monoisotopic (exact) mass is 337 g/mol. The van der Waals surface area contributed by atoms with Crippen molar-refractivity contribution in [2.24, 2.45) is 0 Å². The first-order chi connectivity index (χ1) is 11.6. The van der Waals surface area contributed by atoms with E-state index < -0.39 is 10.0 Å². The fourth-order valence-electron chi connectivity index (χ4n) is 2.56. The molecule has 4 heteroatoms. The fraction of sp³-hybridized carbons (Fsp3) is 0.100. The average molecular weight is 337 g/mol. The summed E-state index contributed by atoms with van der Waals surface area (Å²) in [6.45, 7) is 2.18. The molecule has 0 saturated heterocycles. The van der Waals surface area contributed by atoms with E-state index in [4.69, 9.17) is 0 Å². The summed E-state index contributed by atoms with van der Waals surface area (Å²) >= 11 is 0. The molecule has 3 nitrogen and oxygen atoms in total. The van der Waals surface area contributed by atoms with Gasteiger partial charge in [-0.1, -0.05) is 60.7 Å². The molecule has 0 fully saturated rings. The van der Waals surface area contributed by atoms with Crippen LogP contribution in [0, 0.1) is 6.92 Å². The van der Waals surface area contributed by atoms with E-state index in [2.05, 4.69) is 0 Å². The number of hydrogen-bond donors (Lipinski definition) is 0. The van der Waals surface area contributed by atoms with Gasteiger partial charge in [-0.15, -0.1) is 0 Å². The van der Waals surface area contributed by atoms with Crippen molar-refractivity contribution in [3.05, 3.63) is 96.1 Å². The van der Waals surface area contributed by atoms with Crippen LogP contribution in [0.15, 0.2) is 89.8 Å². The number of rotatable bonds is 5. The molecule has 0 aliphatic carbocycles. The van der Waals surface area contributed by atoms with E-state index in [1.54, 1.807) is 18.2 Å². The van der Waals surface area contributed by atoms with Crippen LogP contribution in [0.4, 0.5) is 5.69 Å². The van der Waals surface area contributed by atoms with Gasteiger partial charge in [0.1, 0.15) is 0 Å². The molecule has 0 spiro atoms. The maximum absolute atomic E-state index is 13.2. The van der Waals surface area contributed by atoms with Gasteiger partial charge < -0.3 is 0 Å². The van der Waals surface area contributed by atoms with E-state index in [-0.39, 0.29) is 0 Å². The molecule has 0 N–H and O–H groups in total. The van der Waals surface area contributed by atoms with Crippen molar-refractivity contribution in [2.75, 3.05) is 4.31 Å². The molecule has 24 heavy (non-hydrogen) atoms. The number of aryl methyl sites for hydroxylation is 1. The lowest BCUT2D eigenvalue weighted by Gasteiger charge is -2.25. The third kappa shape index (κ3) is 3.49. The summed E-state index contributed by atoms with van der Waals surface area (Å²) < 4.78 is 27.9. The largest absolute Gasteiger partial charge is 0.264 e. The molecule has 3 aromatic carbocycles. The molecule has 3 aromatic rings. The first-order valence-electron chi connectivity index (χ1n) is 7.76. The predicted molar refractivity (Wildman–Crippen MR) is 97.4 cm³/mol. The number of anilines is 1. The number of sulfonamides is 1. The molecule has 0 atom stereocenters. The molecule has 0 heterocycles. The van der Waals surface area contributed by atoms with E-state index in [0.29, 0.717) is 17.1 Å². The molecule has 0 aliphatic rings. The molecule has 3 rings (SSSR count). The molecule has 0 radical (unpaired) electrons. The van der Waals surface area contributed by atoms with Crippen molar-refractivity contribution in [1.29, 1.82) is 0 Å². The van der Waals surface area contributed by atoms with E-state index in [1.807, 2.05) is 73.7 Å². The molecular weight excluding hydrogens is 318 g/mol. The van der Waals surface area contributed by atoms with Gasteiger partial charge in [0.15, 0.2) is 0 Å². The lowest BCUT2D eigenvalue weighted by molar-refractivity contribution is 0.590. The number of benzene rings is 3. The van der Waals surface area contributed by atoms with Crippen molar-refractivity contribution in [3.8, 4) is 0 Å². The predicted octanol–water partition coefficient (Wildman–Crippen LogP) is 4.39. The second-order valence-corrected chi connectivity index (χ2v) is 7.51. The third-order valence-corrected chi connectivity index (χ3v) is 5.56. The molecule has 0 saturated carbocycles. The van der Waals surface area contributed by atoms with E-state index >= 15 is 0 Å². The minimum Gasteiger partial charge on any atom is -0.262 e. The first kappa shape index (κ1) is 16.3. The van der Waals surface area contributed by atoms with Crippen LogP contribution in [-0.2, 0) is 16.6 Å². The van der Waals surface area contributed by atoms with Gasteiger partial charge in [0.25, 0.3) is 10.0 Å². The van der Waals surface area contributed by atoms with Crippen LogP contribution in [0.5, 0.6) is 0 Å². The lowest BCUT2D eigenvalue weighted by atomic mass is 10.2. The van der Waals surface area contributed by atoms with Crippen molar-refractivity contribution in [2.45, 2.75) is 18.4 Å². The smallest absolute Gasteiger partial charge is 0.262 e. The Labute approximate surface area is 143 Å². The molecular formula is C20H19NO2S. The maximum Gasteiger partial charge on any atom is 0.264 e. The molecule has 122 valence electrons. The number of hydrogen-bond acceptors (Lipinski definition) is 2. The molecule has 0 aromatic heterocycles. The van der Waals surface area contributed by atoms with Gasteiger partial charge in [-0.05, 0) is 42.3 Å². The summed E-state index contributed by atoms with van der Waals surface area (Å²) in [5, 5.41) is 0. The SMILES string of the molecule is Cc1cccc(S(=O)(=O)N(Cc2ccccc2)c2ccccc2)c1.